The van der Waals surface area contributed by atoms with Crippen LogP contribution in [0.1, 0.15) is 66.9 Å². The Hall–Kier alpha value is -0.283. The molecule has 0 amide bonds. The highest BCUT2D eigenvalue weighted by Gasteiger charge is 2.71. The highest BCUT2D eigenvalue weighted by Crippen LogP contribution is 2.65. The maximum Gasteiger partial charge on any atom is 0.201 e. The van der Waals surface area contributed by atoms with Crippen molar-refractivity contribution in [3.05, 3.63) is 47.5 Å². The standard InChI is InChI=1S/C23H36Cl2OSi/c1-17(2)27(18(3)4,19(5)6)26-22(16-23(22,24)25)20(7)12-11-15-21-13-9-8-10-14-21/h8-10,12-14,17-19H,11,15-16H2,1-7H3/b20-12+. The second-order valence-corrected chi connectivity index (χ2v) is 15.9. The average molecular weight is 428 g/mol. The highest BCUT2D eigenvalue weighted by molar-refractivity contribution is 6.78. The van der Waals surface area contributed by atoms with E-state index in [4.69, 9.17) is 27.6 Å². The molecule has 0 spiro atoms. The first kappa shape index (κ1) is 23.0. The smallest absolute Gasteiger partial charge is 0.201 e. The zero-order valence-corrected chi connectivity index (χ0v) is 20.5. The predicted octanol–water partition coefficient (Wildman–Crippen LogP) is 8.07. The number of rotatable bonds is 9. The molecule has 1 fully saturated rings. The molecular weight excluding hydrogens is 391 g/mol. The monoisotopic (exact) mass is 426 g/mol. The summed E-state index contributed by atoms with van der Waals surface area (Å²) in [6.07, 6.45) is 4.98. The molecule has 1 aliphatic carbocycles. The lowest BCUT2D eigenvalue weighted by Gasteiger charge is -2.45. The molecule has 0 saturated heterocycles. The molecule has 1 saturated carbocycles. The molecule has 1 unspecified atom stereocenters. The van der Waals surface area contributed by atoms with E-state index in [-0.39, 0.29) is 0 Å². The summed E-state index contributed by atoms with van der Waals surface area (Å²) in [6, 6.07) is 10.6. The lowest BCUT2D eigenvalue weighted by molar-refractivity contribution is 0.182. The molecule has 0 radical (unpaired) electrons. The van der Waals surface area contributed by atoms with Gasteiger partial charge in [-0.15, -0.1) is 0 Å². The molecule has 1 aromatic rings. The molecule has 0 bridgehead atoms. The van der Waals surface area contributed by atoms with Crippen molar-refractivity contribution < 1.29 is 4.43 Å². The van der Waals surface area contributed by atoms with E-state index < -0.39 is 18.3 Å². The van der Waals surface area contributed by atoms with E-state index >= 15 is 0 Å². The van der Waals surface area contributed by atoms with Crippen molar-refractivity contribution in [3.63, 3.8) is 0 Å². The zero-order chi connectivity index (χ0) is 20.5. The Morgan fingerprint density at radius 3 is 1.93 bits per heavy atom. The third-order valence-corrected chi connectivity index (χ3v) is 13.4. The summed E-state index contributed by atoms with van der Waals surface area (Å²) in [4.78, 5) is 0. The Kier molecular flexibility index (Phi) is 7.33. The van der Waals surface area contributed by atoms with Crippen LogP contribution in [0.3, 0.4) is 0 Å². The second kappa shape index (κ2) is 8.61. The van der Waals surface area contributed by atoms with Crippen molar-refractivity contribution in [1.29, 1.82) is 0 Å². The number of alkyl halides is 2. The predicted molar refractivity (Wildman–Crippen MR) is 122 cm³/mol. The Morgan fingerprint density at radius 2 is 1.52 bits per heavy atom. The van der Waals surface area contributed by atoms with Crippen LogP contribution < -0.4 is 0 Å². The Labute approximate surface area is 177 Å². The van der Waals surface area contributed by atoms with Gasteiger partial charge in [-0.05, 0) is 47.5 Å². The minimum Gasteiger partial charge on any atom is -0.404 e. The third kappa shape index (κ3) is 4.50. The van der Waals surface area contributed by atoms with Crippen LogP contribution in [0.15, 0.2) is 42.0 Å². The van der Waals surface area contributed by atoms with E-state index in [2.05, 4.69) is 84.9 Å². The highest BCUT2D eigenvalue weighted by atomic mass is 35.5. The molecule has 0 heterocycles. The van der Waals surface area contributed by atoms with Crippen molar-refractivity contribution >= 4 is 31.5 Å². The van der Waals surface area contributed by atoms with Gasteiger partial charge in [-0.25, -0.2) is 0 Å². The Balaban J connectivity index is 2.25. The normalized spacial score (nSPS) is 22.7. The lowest BCUT2D eigenvalue weighted by atomic mass is 10.1. The van der Waals surface area contributed by atoms with Crippen LogP contribution in [0.2, 0.25) is 16.6 Å². The SMILES string of the molecule is C/C(=C\CCc1ccccc1)C1(O[Si](C(C)C)(C(C)C)C(C)C)CC1(Cl)Cl. The molecule has 1 atom stereocenters. The summed E-state index contributed by atoms with van der Waals surface area (Å²) in [5.41, 5.74) is 3.56. The number of benzene rings is 1. The summed E-state index contributed by atoms with van der Waals surface area (Å²) in [5, 5.41) is 0. The number of halogens is 2. The molecule has 1 aliphatic rings. The molecule has 4 heteroatoms. The molecular formula is C23H36Cl2OSi. The molecule has 2 rings (SSSR count). The van der Waals surface area contributed by atoms with E-state index in [0.717, 1.165) is 12.8 Å². The number of hydrogen-bond acceptors (Lipinski definition) is 1. The van der Waals surface area contributed by atoms with Gasteiger partial charge in [0.2, 0.25) is 8.32 Å². The summed E-state index contributed by atoms with van der Waals surface area (Å²) < 4.78 is 6.30. The van der Waals surface area contributed by atoms with Gasteiger partial charge >= 0.3 is 0 Å². The van der Waals surface area contributed by atoms with Crippen molar-refractivity contribution in [2.24, 2.45) is 0 Å². The van der Waals surface area contributed by atoms with E-state index in [1.807, 2.05) is 0 Å². The number of aryl methyl sites for hydroxylation is 1. The summed E-state index contributed by atoms with van der Waals surface area (Å²) >= 11 is 13.4. The third-order valence-electron chi connectivity index (χ3n) is 6.36. The Morgan fingerprint density at radius 1 is 1.04 bits per heavy atom. The van der Waals surface area contributed by atoms with Crippen molar-refractivity contribution in [1.82, 2.24) is 0 Å². The minimum absolute atomic E-state index is 0.510. The molecule has 0 N–H and O–H groups in total. The first-order valence-corrected chi connectivity index (χ1v) is 13.2. The van der Waals surface area contributed by atoms with Crippen molar-refractivity contribution in [2.45, 2.75) is 94.3 Å². The molecule has 0 aliphatic heterocycles. The molecule has 1 nitrogen and oxygen atoms in total. The quantitative estimate of drug-likeness (QED) is 0.220. The van der Waals surface area contributed by atoms with E-state index in [1.54, 1.807) is 0 Å². The fourth-order valence-electron chi connectivity index (χ4n) is 4.81. The van der Waals surface area contributed by atoms with E-state index in [0.29, 0.717) is 23.0 Å². The van der Waals surface area contributed by atoms with Gasteiger partial charge in [0.1, 0.15) is 5.60 Å². The van der Waals surface area contributed by atoms with Gasteiger partial charge < -0.3 is 4.43 Å². The van der Waals surface area contributed by atoms with Gasteiger partial charge in [0.15, 0.2) is 4.33 Å². The first-order chi connectivity index (χ1) is 12.5. The minimum atomic E-state index is -2.06. The van der Waals surface area contributed by atoms with Gasteiger partial charge in [-0.2, -0.15) is 0 Å². The van der Waals surface area contributed by atoms with Crippen molar-refractivity contribution in [2.75, 3.05) is 0 Å². The summed E-state index contributed by atoms with van der Waals surface area (Å²) in [7, 11) is -2.06. The zero-order valence-electron chi connectivity index (χ0n) is 18.0. The van der Waals surface area contributed by atoms with Crippen LogP contribution in [0.5, 0.6) is 0 Å². The van der Waals surface area contributed by atoms with Gasteiger partial charge in [-0.3, -0.25) is 0 Å². The van der Waals surface area contributed by atoms with Gasteiger partial charge in [0.25, 0.3) is 0 Å². The van der Waals surface area contributed by atoms with Crippen molar-refractivity contribution in [3.8, 4) is 0 Å². The Bertz CT molecular complexity index is 630. The maximum atomic E-state index is 7.11. The van der Waals surface area contributed by atoms with Crippen LogP contribution in [-0.2, 0) is 10.8 Å². The molecule has 27 heavy (non-hydrogen) atoms. The molecule has 152 valence electrons. The molecule has 1 aromatic carbocycles. The maximum absolute atomic E-state index is 7.11. The van der Waals surface area contributed by atoms with E-state index in [9.17, 15) is 0 Å². The van der Waals surface area contributed by atoms with Crippen LogP contribution in [0, 0.1) is 0 Å². The van der Waals surface area contributed by atoms with E-state index in [1.165, 1.54) is 11.1 Å². The fraction of sp³-hybridized carbons (Fsp3) is 0.652. The summed E-state index contributed by atoms with van der Waals surface area (Å²) in [6.45, 7) is 16.0. The first-order valence-electron chi connectivity index (χ1n) is 10.3. The average Bonchev–Trinajstić information content (AvgIpc) is 3.14. The lowest BCUT2D eigenvalue weighted by Crippen LogP contribution is -2.52. The van der Waals surface area contributed by atoms with Gasteiger partial charge in [0.05, 0.1) is 0 Å². The topological polar surface area (TPSA) is 9.23 Å². The molecule has 0 aromatic heterocycles. The van der Waals surface area contributed by atoms with Crippen LogP contribution in [0.25, 0.3) is 0 Å². The van der Waals surface area contributed by atoms with Gasteiger partial charge in [0, 0.05) is 6.42 Å². The largest absolute Gasteiger partial charge is 0.404 e. The number of hydrogen-bond donors (Lipinski definition) is 0. The second-order valence-electron chi connectivity index (χ2n) is 9.04. The van der Waals surface area contributed by atoms with Crippen LogP contribution >= 0.6 is 23.2 Å². The number of allylic oxidation sites excluding steroid dienone is 1. The van der Waals surface area contributed by atoms with Gasteiger partial charge in [-0.1, -0.05) is 101 Å². The fourth-order valence-corrected chi connectivity index (χ4v) is 11.4. The van der Waals surface area contributed by atoms with Crippen LogP contribution in [0.4, 0.5) is 0 Å². The van der Waals surface area contributed by atoms with Crippen LogP contribution in [-0.4, -0.2) is 18.3 Å². The summed E-state index contributed by atoms with van der Waals surface area (Å²) in [5.74, 6) is 0.